The van der Waals surface area contributed by atoms with Gasteiger partial charge in [-0.3, -0.25) is 4.90 Å². The van der Waals surface area contributed by atoms with Crippen molar-refractivity contribution in [1.29, 1.82) is 0 Å². The summed E-state index contributed by atoms with van der Waals surface area (Å²) in [6, 6.07) is 7.62. The Morgan fingerprint density at radius 3 is 2.39 bits per heavy atom. The summed E-state index contributed by atoms with van der Waals surface area (Å²) in [6.45, 7) is 3.53. The van der Waals surface area contributed by atoms with Gasteiger partial charge >= 0.3 is 0 Å². The summed E-state index contributed by atoms with van der Waals surface area (Å²) in [7, 11) is 1.65. The molecule has 0 atom stereocenters. The molecule has 1 saturated heterocycles. The normalized spacial score (nSPS) is 17.7. The number of likely N-dealkylation sites (tertiary alicyclic amines) is 1. The molecule has 0 aliphatic carbocycles. The zero-order valence-corrected chi connectivity index (χ0v) is 10.8. The van der Waals surface area contributed by atoms with E-state index in [1.54, 1.807) is 7.11 Å². The maximum Gasteiger partial charge on any atom is 0.119 e. The number of hydrogen-bond acceptors (Lipinski definition) is 4. The second-order valence-electron chi connectivity index (χ2n) is 4.60. The molecule has 0 bridgehead atoms. The number of methoxy groups -OCH3 is 1. The first-order valence-corrected chi connectivity index (χ1v) is 6.45. The molecule has 1 heterocycles. The molecule has 1 aliphatic heterocycles. The van der Waals surface area contributed by atoms with Crippen LogP contribution in [0.5, 0.6) is 11.5 Å². The number of benzene rings is 1. The average Bonchev–Trinajstić information content (AvgIpc) is 2.42. The highest BCUT2D eigenvalue weighted by atomic mass is 16.5. The van der Waals surface area contributed by atoms with Crippen LogP contribution in [-0.2, 0) is 0 Å². The molecule has 18 heavy (non-hydrogen) atoms. The number of piperidine rings is 1. The van der Waals surface area contributed by atoms with E-state index in [0.29, 0.717) is 6.61 Å². The van der Waals surface area contributed by atoms with Crippen LogP contribution in [0.1, 0.15) is 12.8 Å². The predicted molar refractivity (Wildman–Crippen MR) is 70.2 cm³/mol. The van der Waals surface area contributed by atoms with Gasteiger partial charge in [0.05, 0.1) is 13.2 Å². The third-order valence-electron chi connectivity index (χ3n) is 3.29. The van der Waals surface area contributed by atoms with Crippen molar-refractivity contribution in [3.8, 4) is 11.5 Å². The van der Waals surface area contributed by atoms with Crippen molar-refractivity contribution >= 4 is 0 Å². The Balaban J connectivity index is 1.68. The monoisotopic (exact) mass is 251 g/mol. The Morgan fingerprint density at radius 1 is 1.17 bits per heavy atom. The van der Waals surface area contributed by atoms with E-state index in [0.717, 1.165) is 44.0 Å². The second-order valence-corrected chi connectivity index (χ2v) is 4.60. The zero-order valence-electron chi connectivity index (χ0n) is 10.8. The summed E-state index contributed by atoms with van der Waals surface area (Å²) in [5.74, 6) is 1.71. The van der Waals surface area contributed by atoms with Gasteiger partial charge < -0.3 is 14.6 Å². The van der Waals surface area contributed by atoms with Crippen LogP contribution in [0.2, 0.25) is 0 Å². The molecule has 1 aromatic rings. The SMILES string of the molecule is COc1ccc(OCCN2CCC(O)CC2)cc1. The van der Waals surface area contributed by atoms with E-state index in [-0.39, 0.29) is 6.10 Å². The maximum absolute atomic E-state index is 9.41. The van der Waals surface area contributed by atoms with Crippen LogP contribution in [0, 0.1) is 0 Å². The van der Waals surface area contributed by atoms with E-state index in [1.807, 2.05) is 24.3 Å². The maximum atomic E-state index is 9.41. The Bertz CT molecular complexity index is 345. The molecule has 100 valence electrons. The van der Waals surface area contributed by atoms with Gasteiger partial charge in [-0.05, 0) is 37.1 Å². The summed E-state index contributed by atoms with van der Waals surface area (Å²) >= 11 is 0. The number of nitrogens with zero attached hydrogens (tertiary/aromatic N) is 1. The summed E-state index contributed by atoms with van der Waals surface area (Å²) in [5, 5.41) is 9.41. The molecule has 0 saturated carbocycles. The Labute approximate surface area is 108 Å². The van der Waals surface area contributed by atoms with Crippen molar-refractivity contribution in [3.05, 3.63) is 24.3 Å². The molecular formula is C14H21NO3. The van der Waals surface area contributed by atoms with E-state index in [1.165, 1.54) is 0 Å². The molecule has 1 N–H and O–H groups in total. The minimum atomic E-state index is -0.108. The van der Waals surface area contributed by atoms with Gasteiger partial charge in [-0.1, -0.05) is 0 Å². The van der Waals surface area contributed by atoms with Gasteiger partial charge in [0.2, 0.25) is 0 Å². The number of rotatable bonds is 5. The van der Waals surface area contributed by atoms with E-state index in [4.69, 9.17) is 9.47 Å². The molecular weight excluding hydrogens is 230 g/mol. The summed E-state index contributed by atoms with van der Waals surface area (Å²) in [6.07, 6.45) is 1.65. The molecule has 0 spiro atoms. The van der Waals surface area contributed by atoms with Gasteiger partial charge in [0, 0.05) is 19.6 Å². The van der Waals surface area contributed by atoms with Crippen LogP contribution in [0.15, 0.2) is 24.3 Å². The molecule has 1 fully saturated rings. The number of aliphatic hydroxyl groups is 1. The largest absolute Gasteiger partial charge is 0.497 e. The Kier molecular flexibility index (Phi) is 4.84. The van der Waals surface area contributed by atoms with Gasteiger partial charge in [0.25, 0.3) is 0 Å². The highest BCUT2D eigenvalue weighted by Crippen LogP contribution is 2.17. The van der Waals surface area contributed by atoms with Crippen molar-refractivity contribution < 1.29 is 14.6 Å². The first kappa shape index (κ1) is 13.2. The quantitative estimate of drug-likeness (QED) is 0.861. The third kappa shape index (κ3) is 3.89. The van der Waals surface area contributed by atoms with Crippen molar-refractivity contribution in [2.75, 3.05) is 33.4 Å². The van der Waals surface area contributed by atoms with E-state index < -0.39 is 0 Å². The average molecular weight is 251 g/mol. The lowest BCUT2D eigenvalue weighted by molar-refractivity contribution is 0.0755. The highest BCUT2D eigenvalue weighted by molar-refractivity contribution is 5.31. The fourth-order valence-corrected chi connectivity index (χ4v) is 2.11. The van der Waals surface area contributed by atoms with Crippen molar-refractivity contribution in [3.63, 3.8) is 0 Å². The molecule has 2 rings (SSSR count). The minimum Gasteiger partial charge on any atom is -0.497 e. The fourth-order valence-electron chi connectivity index (χ4n) is 2.11. The highest BCUT2D eigenvalue weighted by Gasteiger charge is 2.16. The van der Waals surface area contributed by atoms with Gasteiger partial charge in [-0.25, -0.2) is 0 Å². The smallest absolute Gasteiger partial charge is 0.119 e. The van der Waals surface area contributed by atoms with Gasteiger partial charge in [0.15, 0.2) is 0 Å². The van der Waals surface area contributed by atoms with Crippen LogP contribution >= 0.6 is 0 Å². The summed E-state index contributed by atoms with van der Waals surface area (Å²) in [5.41, 5.74) is 0. The summed E-state index contributed by atoms with van der Waals surface area (Å²) in [4.78, 5) is 2.33. The lowest BCUT2D eigenvalue weighted by Gasteiger charge is -2.29. The first-order valence-electron chi connectivity index (χ1n) is 6.45. The Morgan fingerprint density at radius 2 is 1.78 bits per heavy atom. The zero-order chi connectivity index (χ0) is 12.8. The van der Waals surface area contributed by atoms with Crippen molar-refractivity contribution in [2.24, 2.45) is 0 Å². The number of ether oxygens (including phenoxy) is 2. The van der Waals surface area contributed by atoms with Crippen LogP contribution in [0.3, 0.4) is 0 Å². The molecule has 0 unspecified atom stereocenters. The minimum absolute atomic E-state index is 0.108. The predicted octanol–water partition coefficient (Wildman–Crippen LogP) is 1.53. The van der Waals surface area contributed by atoms with Crippen LogP contribution in [0.25, 0.3) is 0 Å². The third-order valence-corrected chi connectivity index (χ3v) is 3.29. The first-order chi connectivity index (χ1) is 8.78. The van der Waals surface area contributed by atoms with Crippen LogP contribution in [-0.4, -0.2) is 49.5 Å². The molecule has 4 heteroatoms. The van der Waals surface area contributed by atoms with E-state index in [9.17, 15) is 5.11 Å². The van der Waals surface area contributed by atoms with Crippen molar-refractivity contribution in [2.45, 2.75) is 18.9 Å². The summed E-state index contributed by atoms with van der Waals surface area (Å²) < 4.78 is 10.8. The van der Waals surface area contributed by atoms with Crippen molar-refractivity contribution in [1.82, 2.24) is 4.90 Å². The molecule has 0 radical (unpaired) electrons. The topological polar surface area (TPSA) is 41.9 Å². The second kappa shape index (κ2) is 6.61. The Hall–Kier alpha value is -1.26. The number of aliphatic hydroxyl groups excluding tert-OH is 1. The lowest BCUT2D eigenvalue weighted by Crippen LogP contribution is -2.38. The molecule has 0 amide bonds. The molecule has 1 aliphatic rings. The number of hydrogen-bond donors (Lipinski definition) is 1. The van der Waals surface area contributed by atoms with E-state index in [2.05, 4.69) is 4.90 Å². The molecule has 0 aromatic heterocycles. The molecule has 1 aromatic carbocycles. The van der Waals surface area contributed by atoms with Crippen LogP contribution < -0.4 is 9.47 Å². The van der Waals surface area contributed by atoms with Gasteiger partial charge in [-0.15, -0.1) is 0 Å². The lowest BCUT2D eigenvalue weighted by atomic mass is 10.1. The van der Waals surface area contributed by atoms with Gasteiger partial charge in [0.1, 0.15) is 18.1 Å². The van der Waals surface area contributed by atoms with Gasteiger partial charge in [-0.2, -0.15) is 0 Å². The van der Waals surface area contributed by atoms with E-state index >= 15 is 0 Å². The fraction of sp³-hybridized carbons (Fsp3) is 0.571. The van der Waals surface area contributed by atoms with Crippen LogP contribution in [0.4, 0.5) is 0 Å². The standard InChI is InChI=1S/C14H21NO3/c1-17-13-2-4-14(5-3-13)18-11-10-15-8-6-12(16)7-9-15/h2-5,12,16H,6-11H2,1H3. The molecule has 4 nitrogen and oxygen atoms in total.